The van der Waals surface area contributed by atoms with E-state index in [1.54, 1.807) is 13.2 Å². The van der Waals surface area contributed by atoms with E-state index >= 15 is 0 Å². The predicted octanol–water partition coefficient (Wildman–Crippen LogP) is 1.03. The van der Waals surface area contributed by atoms with Gasteiger partial charge < -0.3 is 16.0 Å². The molecule has 0 atom stereocenters. The van der Waals surface area contributed by atoms with Crippen LogP contribution in [0.3, 0.4) is 0 Å². The van der Waals surface area contributed by atoms with Crippen LogP contribution in [0.2, 0.25) is 0 Å². The number of nitrogens with one attached hydrogen (secondary N) is 3. The molecule has 1 heterocycles. The lowest BCUT2D eigenvalue weighted by Gasteiger charge is -2.08. The summed E-state index contributed by atoms with van der Waals surface area (Å²) in [6.45, 7) is 2.38. The normalized spacial score (nSPS) is 9.88. The van der Waals surface area contributed by atoms with E-state index in [-0.39, 0.29) is 0 Å². The van der Waals surface area contributed by atoms with Crippen molar-refractivity contribution in [3.05, 3.63) is 28.5 Å². The van der Waals surface area contributed by atoms with E-state index in [4.69, 9.17) is 12.2 Å². The molecular weight excluding hydrogens is 288 g/mol. The number of rotatable bonds is 5. The lowest BCUT2D eigenvalue weighted by Crippen LogP contribution is -2.37. The van der Waals surface area contributed by atoms with Crippen molar-refractivity contribution >= 4 is 33.3 Å². The smallest absolute Gasteiger partial charge is 0.166 e. The topological polar surface area (TPSA) is 49.0 Å². The summed E-state index contributed by atoms with van der Waals surface area (Å²) in [5, 5.41) is 9.86. The summed E-state index contributed by atoms with van der Waals surface area (Å²) in [5.74, 6) is 0. The molecule has 16 heavy (non-hydrogen) atoms. The standard InChI is InChI=1S/C10H15BrN4S/c1-12-10(16)15-6-5-13-7-9-8(11)3-2-4-14-9/h2-4,13H,5-7H2,1H3,(H2,12,15,16). The maximum absolute atomic E-state index is 4.95. The molecule has 88 valence electrons. The summed E-state index contributed by atoms with van der Waals surface area (Å²) in [6, 6.07) is 3.89. The molecule has 6 heteroatoms. The fraction of sp³-hybridized carbons (Fsp3) is 0.400. The van der Waals surface area contributed by atoms with E-state index in [2.05, 4.69) is 36.9 Å². The molecule has 0 amide bonds. The number of hydrogen-bond acceptors (Lipinski definition) is 3. The van der Waals surface area contributed by atoms with Gasteiger partial charge in [0.1, 0.15) is 0 Å². The zero-order valence-electron chi connectivity index (χ0n) is 9.09. The van der Waals surface area contributed by atoms with Crippen LogP contribution in [0.1, 0.15) is 5.69 Å². The third kappa shape index (κ3) is 4.87. The number of hydrogen-bond donors (Lipinski definition) is 3. The fourth-order valence-electron chi connectivity index (χ4n) is 1.11. The van der Waals surface area contributed by atoms with Crippen LogP contribution in [0.4, 0.5) is 0 Å². The third-order valence-electron chi connectivity index (χ3n) is 1.94. The zero-order valence-corrected chi connectivity index (χ0v) is 11.5. The van der Waals surface area contributed by atoms with Crippen molar-refractivity contribution in [3.63, 3.8) is 0 Å². The molecule has 1 rings (SSSR count). The molecule has 0 saturated heterocycles. The summed E-state index contributed by atoms with van der Waals surface area (Å²) >= 11 is 8.40. The predicted molar refractivity (Wildman–Crippen MR) is 73.3 cm³/mol. The van der Waals surface area contributed by atoms with Gasteiger partial charge in [0.2, 0.25) is 0 Å². The Morgan fingerprint density at radius 2 is 2.31 bits per heavy atom. The molecule has 4 nitrogen and oxygen atoms in total. The maximum Gasteiger partial charge on any atom is 0.166 e. The molecule has 1 aromatic rings. The second kappa shape index (κ2) is 7.54. The molecule has 1 aromatic heterocycles. The zero-order chi connectivity index (χ0) is 11.8. The van der Waals surface area contributed by atoms with Gasteiger partial charge in [-0.1, -0.05) is 0 Å². The Labute approximate surface area is 109 Å². The molecule has 0 saturated carbocycles. The number of thiocarbonyl (C=S) groups is 1. The molecule has 0 unspecified atom stereocenters. The second-order valence-corrected chi connectivity index (χ2v) is 4.38. The maximum atomic E-state index is 4.95. The van der Waals surface area contributed by atoms with Crippen molar-refractivity contribution in [1.29, 1.82) is 0 Å². The van der Waals surface area contributed by atoms with Crippen molar-refractivity contribution in [2.75, 3.05) is 20.1 Å². The van der Waals surface area contributed by atoms with E-state index in [1.165, 1.54) is 0 Å². The third-order valence-corrected chi connectivity index (χ3v) is 3.01. The lowest BCUT2D eigenvalue weighted by molar-refractivity contribution is 0.658. The van der Waals surface area contributed by atoms with E-state index in [0.29, 0.717) is 5.11 Å². The molecular formula is C10H15BrN4S. The Balaban J connectivity index is 2.17. The Bertz CT molecular complexity index is 345. The molecule has 3 N–H and O–H groups in total. The van der Waals surface area contributed by atoms with E-state index in [9.17, 15) is 0 Å². The first-order valence-electron chi connectivity index (χ1n) is 4.99. The van der Waals surface area contributed by atoms with Gasteiger partial charge in [0.15, 0.2) is 5.11 Å². The summed E-state index contributed by atoms with van der Waals surface area (Å²) in [6.07, 6.45) is 1.79. The lowest BCUT2D eigenvalue weighted by atomic mass is 10.3. The van der Waals surface area contributed by atoms with E-state index < -0.39 is 0 Å². The molecule has 0 fully saturated rings. The number of halogens is 1. The Kier molecular flexibility index (Phi) is 6.29. The van der Waals surface area contributed by atoms with Crippen LogP contribution in [-0.2, 0) is 6.54 Å². The summed E-state index contributed by atoms with van der Waals surface area (Å²) in [5.41, 5.74) is 1.01. The molecule has 0 aromatic carbocycles. The quantitative estimate of drug-likeness (QED) is 0.560. The highest BCUT2D eigenvalue weighted by molar-refractivity contribution is 9.10. The average molecular weight is 303 g/mol. The molecule has 0 aliphatic heterocycles. The first-order chi connectivity index (χ1) is 7.74. The summed E-state index contributed by atoms with van der Waals surface area (Å²) < 4.78 is 1.03. The van der Waals surface area contributed by atoms with Crippen molar-refractivity contribution in [2.24, 2.45) is 0 Å². The van der Waals surface area contributed by atoms with Crippen LogP contribution in [0.5, 0.6) is 0 Å². The molecule has 0 radical (unpaired) electrons. The van der Waals surface area contributed by atoms with Crippen molar-refractivity contribution < 1.29 is 0 Å². The minimum absolute atomic E-state index is 0.667. The van der Waals surface area contributed by atoms with Gasteiger partial charge in [-0.05, 0) is 40.3 Å². The molecule has 0 spiro atoms. The van der Waals surface area contributed by atoms with Crippen LogP contribution < -0.4 is 16.0 Å². The van der Waals surface area contributed by atoms with Gasteiger partial charge in [0.25, 0.3) is 0 Å². The Morgan fingerprint density at radius 3 is 3.00 bits per heavy atom. The first kappa shape index (κ1) is 13.3. The van der Waals surface area contributed by atoms with Crippen molar-refractivity contribution in [3.8, 4) is 0 Å². The van der Waals surface area contributed by atoms with Crippen LogP contribution in [0.15, 0.2) is 22.8 Å². The Morgan fingerprint density at radius 1 is 1.50 bits per heavy atom. The highest BCUT2D eigenvalue weighted by atomic mass is 79.9. The van der Waals surface area contributed by atoms with Gasteiger partial charge in [-0.3, -0.25) is 4.98 Å². The van der Waals surface area contributed by atoms with E-state index in [1.807, 2.05) is 12.1 Å². The van der Waals surface area contributed by atoms with Gasteiger partial charge in [0.05, 0.1) is 5.69 Å². The Hall–Kier alpha value is -0.720. The molecule has 0 aliphatic rings. The number of pyridine rings is 1. The summed E-state index contributed by atoms with van der Waals surface area (Å²) in [7, 11) is 1.80. The van der Waals surface area contributed by atoms with Crippen LogP contribution in [0.25, 0.3) is 0 Å². The second-order valence-electron chi connectivity index (χ2n) is 3.11. The largest absolute Gasteiger partial charge is 0.366 e. The average Bonchev–Trinajstić information content (AvgIpc) is 2.30. The van der Waals surface area contributed by atoms with Crippen LogP contribution >= 0.6 is 28.1 Å². The van der Waals surface area contributed by atoms with Crippen molar-refractivity contribution in [2.45, 2.75) is 6.54 Å². The highest BCUT2D eigenvalue weighted by Gasteiger charge is 1.98. The SMILES string of the molecule is CNC(=S)NCCNCc1ncccc1Br. The van der Waals surface area contributed by atoms with Crippen molar-refractivity contribution in [1.82, 2.24) is 20.9 Å². The van der Waals surface area contributed by atoms with Gasteiger partial charge in [-0.15, -0.1) is 0 Å². The minimum atomic E-state index is 0.667. The summed E-state index contributed by atoms with van der Waals surface area (Å²) in [4.78, 5) is 4.26. The molecule has 0 aliphatic carbocycles. The number of nitrogens with zero attached hydrogens (tertiary/aromatic N) is 1. The molecule has 0 bridgehead atoms. The number of aromatic nitrogens is 1. The van der Waals surface area contributed by atoms with Gasteiger partial charge in [0, 0.05) is 37.4 Å². The monoisotopic (exact) mass is 302 g/mol. The minimum Gasteiger partial charge on any atom is -0.366 e. The van der Waals surface area contributed by atoms with Crippen LogP contribution in [-0.4, -0.2) is 30.2 Å². The highest BCUT2D eigenvalue weighted by Crippen LogP contribution is 2.12. The van der Waals surface area contributed by atoms with Crippen LogP contribution in [0, 0.1) is 0 Å². The van der Waals surface area contributed by atoms with Gasteiger partial charge >= 0.3 is 0 Å². The van der Waals surface area contributed by atoms with E-state index in [0.717, 1.165) is 29.8 Å². The fourth-order valence-corrected chi connectivity index (χ4v) is 1.61. The van der Waals surface area contributed by atoms with Gasteiger partial charge in [-0.2, -0.15) is 0 Å². The van der Waals surface area contributed by atoms with Gasteiger partial charge in [-0.25, -0.2) is 0 Å². The first-order valence-corrected chi connectivity index (χ1v) is 6.20.